The zero-order valence-corrected chi connectivity index (χ0v) is 13.6. The van der Waals surface area contributed by atoms with E-state index in [4.69, 9.17) is 5.41 Å². The molecule has 3 rings (SSSR count). The molecule has 0 amide bonds. The van der Waals surface area contributed by atoms with E-state index in [-0.39, 0.29) is 0 Å². The quantitative estimate of drug-likeness (QED) is 0.600. The molecule has 3 N–H and O–H groups in total. The number of benzene rings is 1. The van der Waals surface area contributed by atoms with E-state index in [1.165, 1.54) is 49.0 Å². The first kappa shape index (κ1) is 15.1. The summed E-state index contributed by atoms with van der Waals surface area (Å²) in [5, 5.41) is 12.7. The zero-order valence-electron chi connectivity index (χ0n) is 13.6. The van der Waals surface area contributed by atoms with E-state index < -0.39 is 0 Å². The fourth-order valence-corrected chi connectivity index (χ4v) is 3.24. The van der Waals surface area contributed by atoms with E-state index in [1.54, 1.807) is 0 Å². The normalized spacial score (nSPS) is 16.1. The Morgan fingerprint density at radius 3 is 2.77 bits per heavy atom. The van der Waals surface area contributed by atoms with Crippen molar-refractivity contribution >= 4 is 16.7 Å². The monoisotopic (exact) mass is 298 g/mol. The third-order valence-electron chi connectivity index (χ3n) is 4.78. The Morgan fingerprint density at radius 1 is 1.23 bits per heavy atom. The fourth-order valence-electron chi connectivity index (χ4n) is 3.24. The van der Waals surface area contributed by atoms with Gasteiger partial charge in [0, 0.05) is 35.2 Å². The Bertz CT molecular complexity index is 665. The highest BCUT2D eigenvalue weighted by Gasteiger charge is 2.10. The number of aryl methyl sites for hydroxylation is 2. The second-order valence-corrected chi connectivity index (χ2v) is 6.34. The molecule has 1 aromatic carbocycles. The largest absolute Gasteiger partial charge is 0.369 e. The number of nitrogens with one attached hydrogen (secondary N) is 3. The first-order valence-corrected chi connectivity index (χ1v) is 8.29. The van der Waals surface area contributed by atoms with Gasteiger partial charge in [0.15, 0.2) is 0 Å². The second kappa shape index (κ2) is 6.53. The molecule has 2 heterocycles. The Balaban J connectivity index is 1.60. The maximum atomic E-state index is 8.26. The molecule has 1 aliphatic heterocycles. The average molecular weight is 298 g/mol. The van der Waals surface area contributed by atoms with Gasteiger partial charge in [0.2, 0.25) is 0 Å². The molecule has 4 nitrogen and oxygen atoms in total. The lowest BCUT2D eigenvalue weighted by molar-refractivity contribution is 0.232. The van der Waals surface area contributed by atoms with E-state index in [9.17, 15) is 0 Å². The predicted molar refractivity (Wildman–Crippen MR) is 92.9 cm³/mol. The molecule has 2 aromatic rings. The van der Waals surface area contributed by atoms with Crippen molar-refractivity contribution in [1.82, 2.24) is 15.2 Å². The Hall–Kier alpha value is -1.81. The van der Waals surface area contributed by atoms with Crippen LogP contribution in [0.4, 0.5) is 0 Å². The summed E-state index contributed by atoms with van der Waals surface area (Å²) in [4.78, 5) is 5.87. The van der Waals surface area contributed by atoms with Gasteiger partial charge in [0.05, 0.1) is 0 Å². The van der Waals surface area contributed by atoms with Crippen LogP contribution in [-0.2, 0) is 0 Å². The van der Waals surface area contributed by atoms with Gasteiger partial charge >= 0.3 is 0 Å². The Morgan fingerprint density at radius 2 is 2.00 bits per heavy atom. The molecule has 22 heavy (non-hydrogen) atoms. The van der Waals surface area contributed by atoms with Crippen LogP contribution in [0.1, 0.15) is 36.1 Å². The summed E-state index contributed by atoms with van der Waals surface area (Å²) >= 11 is 0. The lowest BCUT2D eigenvalue weighted by atomic mass is 10.1. The summed E-state index contributed by atoms with van der Waals surface area (Å²) in [5.74, 6) is 0.525. The van der Waals surface area contributed by atoms with Gasteiger partial charge < -0.3 is 15.2 Å². The summed E-state index contributed by atoms with van der Waals surface area (Å²) in [7, 11) is 0. The molecule has 0 bridgehead atoms. The number of rotatable bonds is 4. The van der Waals surface area contributed by atoms with Gasteiger partial charge in [0.1, 0.15) is 5.84 Å². The van der Waals surface area contributed by atoms with Crippen LogP contribution in [0.5, 0.6) is 0 Å². The highest BCUT2D eigenvalue weighted by atomic mass is 15.1. The van der Waals surface area contributed by atoms with Crippen molar-refractivity contribution in [3.8, 4) is 0 Å². The Kier molecular flexibility index (Phi) is 4.48. The lowest BCUT2D eigenvalue weighted by Gasteiger charge is -2.26. The van der Waals surface area contributed by atoms with Crippen molar-refractivity contribution in [2.24, 2.45) is 0 Å². The van der Waals surface area contributed by atoms with Gasteiger partial charge in [-0.2, -0.15) is 0 Å². The highest BCUT2D eigenvalue weighted by molar-refractivity contribution is 6.00. The third-order valence-corrected chi connectivity index (χ3v) is 4.78. The summed E-state index contributed by atoms with van der Waals surface area (Å²) < 4.78 is 0. The van der Waals surface area contributed by atoms with Gasteiger partial charge in [-0.25, -0.2) is 0 Å². The van der Waals surface area contributed by atoms with Crippen LogP contribution in [0, 0.1) is 19.3 Å². The van der Waals surface area contributed by atoms with Crippen LogP contribution in [0.15, 0.2) is 18.2 Å². The topological polar surface area (TPSA) is 54.9 Å². The van der Waals surface area contributed by atoms with E-state index in [1.807, 2.05) is 6.07 Å². The molecule has 0 saturated carbocycles. The first-order chi connectivity index (χ1) is 10.6. The van der Waals surface area contributed by atoms with Crippen LogP contribution in [-0.4, -0.2) is 41.9 Å². The maximum Gasteiger partial charge on any atom is 0.125 e. The van der Waals surface area contributed by atoms with Gasteiger partial charge in [-0.15, -0.1) is 0 Å². The van der Waals surface area contributed by atoms with E-state index in [0.29, 0.717) is 5.84 Å². The number of hydrogen-bond donors (Lipinski definition) is 3. The molecular weight excluding hydrogens is 272 g/mol. The maximum absolute atomic E-state index is 8.26. The molecule has 1 aliphatic rings. The van der Waals surface area contributed by atoms with Gasteiger partial charge in [-0.1, -0.05) is 6.42 Å². The van der Waals surface area contributed by atoms with E-state index in [2.05, 4.69) is 41.2 Å². The molecule has 0 atom stereocenters. The zero-order chi connectivity index (χ0) is 15.5. The minimum absolute atomic E-state index is 0.525. The van der Waals surface area contributed by atoms with Crippen molar-refractivity contribution in [3.05, 3.63) is 35.0 Å². The fraction of sp³-hybridized carbons (Fsp3) is 0.500. The molecule has 0 radical (unpaired) electrons. The van der Waals surface area contributed by atoms with Crippen molar-refractivity contribution in [1.29, 1.82) is 5.41 Å². The highest BCUT2D eigenvalue weighted by Crippen LogP contribution is 2.22. The number of amidine groups is 1. The smallest absolute Gasteiger partial charge is 0.125 e. The lowest BCUT2D eigenvalue weighted by Crippen LogP contribution is -2.37. The number of nitrogens with zero attached hydrogens (tertiary/aromatic N) is 1. The molecule has 1 fully saturated rings. The number of piperidine rings is 1. The van der Waals surface area contributed by atoms with E-state index in [0.717, 1.165) is 24.2 Å². The van der Waals surface area contributed by atoms with Crippen LogP contribution in [0.25, 0.3) is 10.9 Å². The van der Waals surface area contributed by atoms with Crippen molar-refractivity contribution in [3.63, 3.8) is 0 Å². The van der Waals surface area contributed by atoms with Gasteiger partial charge in [0.25, 0.3) is 0 Å². The third kappa shape index (κ3) is 3.17. The molecule has 0 spiro atoms. The van der Waals surface area contributed by atoms with Crippen LogP contribution in [0.3, 0.4) is 0 Å². The molecule has 118 valence electrons. The SMILES string of the molecule is Cc1[nH]c2ccc(C(=N)NCCN3CCCCC3)cc2c1C. The molecule has 1 aromatic heterocycles. The number of hydrogen-bond acceptors (Lipinski definition) is 2. The standard InChI is InChI=1S/C18H26N4/c1-13-14(2)21-17-7-6-15(12-16(13)17)18(19)20-8-11-22-9-4-3-5-10-22/h6-7,12,21H,3-5,8-11H2,1-2H3,(H2,19,20). The van der Waals surface area contributed by atoms with Gasteiger partial charge in [-0.3, -0.25) is 5.41 Å². The average Bonchev–Trinajstić information content (AvgIpc) is 2.83. The minimum Gasteiger partial charge on any atom is -0.369 e. The second-order valence-electron chi connectivity index (χ2n) is 6.34. The van der Waals surface area contributed by atoms with Crippen LogP contribution in [0.2, 0.25) is 0 Å². The molecule has 0 unspecified atom stereocenters. The number of likely N-dealkylation sites (tertiary alicyclic amines) is 1. The summed E-state index contributed by atoms with van der Waals surface area (Å²) in [6, 6.07) is 6.21. The van der Waals surface area contributed by atoms with Crippen LogP contribution < -0.4 is 5.32 Å². The Labute approximate surface area is 132 Å². The molecule has 0 aliphatic carbocycles. The summed E-state index contributed by atoms with van der Waals surface area (Å²) in [6.07, 6.45) is 4.01. The first-order valence-electron chi connectivity index (χ1n) is 8.29. The van der Waals surface area contributed by atoms with Crippen molar-refractivity contribution in [2.45, 2.75) is 33.1 Å². The summed E-state index contributed by atoms with van der Waals surface area (Å²) in [6.45, 7) is 8.53. The summed E-state index contributed by atoms with van der Waals surface area (Å²) in [5.41, 5.74) is 4.60. The van der Waals surface area contributed by atoms with Crippen molar-refractivity contribution in [2.75, 3.05) is 26.2 Å². The number of aromatic nitrogens is 1. The predicted octanol–water partition coefficient (Wildman–Crippen LogP) is 3.19. The van der Waals surface area contributed by atoms with Crippen LogP contribution >= 0.6 is 0 Å². The molecule has 1 saturated heterocycles. The van der Waals surface area contributed by atoms with E-state index >= 15 is 0 Å². The molecule has 4 heteroatoms. The van der Waals surface area contributed by atoms with Gasteiger partial charge in [-0.05, 0) is 63.5 Å². The minimum atomic E-state index is 0.525. The number of aromatic amines is 1. The van der Waals surface area contributed by atoms with Crippen molar-refractivity contribution < 1.29 is 0 Å². The number of fused-ring (bicyclic) bond motifs is 1. The number of H-pyrrole nitrogens is 1. The molecular formula is C18H26N4.